The number of aliphatic hydroxyl groups is 1. The van der Waals surface area contributed by atoms with Crippen LogP contribution in [-0.4, -0.2) is 48.3 Å². The van der Waals surface area contributed by atoms with Crippen LogP contribution >= 0.6 is 0 Å². The lowest BCUT2D eigenvalue weighted by Gasteiger charge is -2.29. The highest BCUT2D eigenvalue weighted by molar-refractivity contribution is 4.87. The Bertz CT molecular complexity index is 159. The molecule has 1 aliphatic rings. The van der Waals surface area contributed by atoms with Crippen LogP contribution in [-0.2, 0) is 0 Å². The third-order valence-electron chi connectivity index (χ3n) is 2.72. The van der Waals surface area contributed by atoms with Gasteiger partial charge in [-0.05, 0) is 40.3 Å². The van der Waals surface area contributed by atoms with Crippen molar-refractivity contribution in [2.45, 2.75) is 38.3 Å². The fraction of sp³-hybridized carbons (Fsp3) is 1.00. The summed E-state index contributed by atoms with van der Waals surface area (Å²) in [5, 5.41) is 12.5. The van der Waals surface area contributed by atoms with E-state index in [0.29, 0.717) is 6.04 Å². The van der Waals surface area contributed by atoms with E-state index in [2.05, 4.69) is 31.1 Å². The fourth-order valence-corrected chi connectivity index (χ4v) is 1.96. The molecule has 0 bridgehead atoms. The second kappa shape index (κ2) is 4.40. The molecule has 0 spiro atoms. The van der Waals surface area contributed by atoms with Gasteiger partial charge in [0.1, 0.15) is 0 Å². The van der Waals surface area contributed by atoms with Crippen LogP contribution < -0.4 is 5.32 Å². The summed E-state index contributed by atoms with van der Waals surface area (Å²) in [7, 11) is 2.15. The highest BCUT2D eigenvalue weighted by Gasteiger charge is 2.25. The lowest BCUT2D eigenvalue weighted by molar-refractivity contribution is 0.218. The van der Waals surface area contributed by atoms with Gasteiger partial charge in [-0.15, -0.1) is 0 Å². The van der Waals surface area contributed by atoms with Crippen molar-refractivity contribution in [2.75, 3.05) is 26.7 Å². The first-order valence-electron chi connectivity index (χ1n) is 5.10. The van der Waals surface area contributed by atoms with Crippen LogP contribution in [0.4, 0.5) is 0 Å². The zero-order chi connectivity index (χ0) is 9.90. The lowest BCUT2D eigenvalue weighted by atomic mass is 9.99. The Morgan fingerprint density at radius 2 is 2.23 bits per heavy atom. The van der Waals surface area contributed by atoms with E-state index >= 15 is 0 Å². The molecule has 0 aromatic heterocycles. The van der Waals surface area contributed by atoms with Gasteiger partial charge in [0.25, 0.3) is 0 Å². The summed E-state index contributed by atoms with van der Waals surface area (Å²) < 4.78 is 0. The van der Waals surface area contributed by atoms with Crippen molar-refractivity contribution in [3.8, 4) is 0 Å². The number of nitrogens with one attached hydrogen (secondary N) is 1. The molecule has 1 fully saturated rings. The van der Waals surface area contributed by atoms with Gasteiger partial charge in [-0.2, -0.15) is 0 Å². The number of hydrogen-bond donors (Lipinski definition) is 2. The molecule has 0 amide bonds. The minimum absolute atomic E-state index is 0.0740. The standard InChI is InChI=1S/C10H22N2O/c1-10(2,5-7-13)11-9-4-6-12(3)8-9/h9,11,13H,4-8H2,1-3H3. The summed E-state index contributed by atoms with van der Waals surface area (Å²) in [6, 6.07) is 0.603. The molecular formula is C10H22N2O. The third-order valence-corrected chi connectivity index (χ3v) is 2.72. The Morgan fingerprint density at radius 3 is 2.69 bits per heavy atom. The smallest absolute Gasteiger partial charge is 0.0448 e. The van der Waals surface area contributed by atoms with Gasteiger partial charge in [-0.3, -0.25) is 0 Å². The van der Waals surface area contributed by atoms with Gasteiger partial charge in [0.2, 0.25) is 0 Å². The molecule has 1 unspecified atom stereocenters. The minimum Gasteiger partial charge on any atom is -0.396 e. The van der Waals surface area contributed by atoms with Crippen molar-refractivity contribution >= 4 is 0 Å². The normalized spacial score (nSPS) is 25.4. The summed E-state index contributed by atoms with van der Waals surface area (Å²) in [6.07, 6.45) is 2.05. The minimum atomic E-state index is 0.0740. The van der Waals surface area contributed by atoms with Gasteiger partial charge < -0.3 is 15.3 Å². The monoisotopic (exact) mass is 186 g/mol. The van der Waals surface area contributed by atoms with Gasteiger partial charge in [-0.25, -0.2) is 0 Å². The summed E-state index contributed by atoms with van der Waals surface area (Å²) in [5.41, 5.74) is 0.0740. The molecule has 1 atom stereocenters. The van der Waals surface area contributed by atoms with Gasteiger partial charge in [-0.1, -0.05) is 0 Å². The number of likely N-dealkylation sites (N-methyl/N-ethyl adjacent to an activating group) is 1. The molecule has 1 rings (SSSR count). The second-order valence-electron chi connectivity index (χ2n) is 4.75. The Morgan fingerprint density at radius 1 is 1.54 bits per heavy atom. The number of likely N-dealkylation sites (tertiary alicyclic amines) is 1. The van der Waals surface area contributed by atoms with Crippen molar-refractivity contribution in [3.63, 3.8) is 0 Å². The molecule has 1 heterocycles. The van der Waals surface area contributed by atoms with E-state index in [1.54, 1.807) is 0 Å². The topological polar surface area (TPSA) is 35.5 Å². The van der Waals surface area contributed by atoms with Gasteiger partial charge >= 0.3 is 0 Å². The van der Waals surface area contributed by atoms with E-state index in [0.717, 1.165) is 13.0 Å². The van der Waals surface area contributed by atoms with Crippen LogP contribution in [0.15, 0.2) is 0 Å². The summed E-state index contributed by atoms with van der Waals surface area (Å²) in [4.78, 5) is 2.34. The largest absolute Gasteiger partial charge is 0.396 e. The van der Waals surface area contributed by atoms with Crippen molar-refractivity contribution in [1.29, 1.82) is 0 Å². The Hall–Kier alpha value is -0.120. The summed E-state index contributed by atoms with van der Waals surface area (Å²) in [5.74, 6) is 0. The zero-order valence-corrected chi connectivity index (χ0v) is 9.01. The Labute approximate surface area is 81.1 Å². The number of nitrogens with zero attached hydrogens (tertiary/aromatic N) is 1. The van der Waals surface area contributed by atoms with Crippen molar-refractivity contribution < 1.29 is 5.11 Å². The van der Waals surface area contributed by atoms with E-state index in [-0.39, 0.29) is 12.1 Å². The van der Waals surface area contributed by atoms with E-state index in [9.17, 15) is 0 Å². The first-order valence-corrected chi connectivity index (χ1v) is 5.10. The first kappa shape index (κ1) is 11.0. The van der Waals surface area contributed by atoms with E-state index in [4.69, 9.17) is 5.11 Å². The lowest BCUT2D eigenvalue weighted by Crippen LogP contribution is -2.47. The van der Waals surface area contributed by atoms with Crippen molar-refractivity contribution in [2.24, 2.45) is 0 Å². The SMILES string of the molecule is CN1CCC(NC(C)(C)CCO)C1. The average molecular weight is 186 g/mol. The van der Waals surface area contributed by atoms with E-state index in [1.807, 2.05) is 0 Å². The summed E-state index contributed by atoms with van der Waals surface area (Å²) in [6.45, 7) is 6.90. The van der Waals surface area contributed by atoms with Gasteiger partial charge in [0.15, 0.2) is 0 Å². The Kier molecular flexibility index (Phi) is 3.71. The van der Waals surface area contributed by atoms with Gasteiger partial charge in [0, 0.05) is 24.7 Å². The van der Waals surface area contributed by atoms with E-state index in [1.165, 1.54) is 13.0 Å². The van der Waals surface area contributed by atoms with Crippen LogP contribution in [0, 0.1) is 0 Å². The molecule has 0 aromatic carbocycles. The number of rotatable bonds is 4. The molecule has 1 saturated heterocycles. The molecule has 13 heavy (non-hydrogen) atoms. The van der Waals surface area contributed by atoms with E-state index < -0.39 is 0 Å². The number of hydrogen-bond acceptors (Lipinski definition) is 3. The molecule has 3 heteroatoms. The highest BCUT2D eigenvalue weighted by atomic mass is 16.3. The summed E-state index contributed by atoms with van der Waals surface area (Å²) >= 11 is 0. The molecule has 3 nitrogen and oxygen atoms in total. The maximum atomic E-state index is 8.88. The maximum absolute atomic E-state index is 8.88. The molecule has 0 aliphatic carbocycles. The van der Waals surface area contributed by atoms with Gasteiger partial charge in [0.05, 0.1) is 0 Å². The molecule has 1 aliphatic heterocycles. The fourth-order valence-electron chi connectivity index (χ4n) is 1.96. The van der Waals surface area contributed by atoms with Crippen LogP contribution in [0.25, 0.3) is 0 Å². The maximum Gasteiger partial charge on any atom is 0.0448 e. The molecule has 78 valence electrons. The average Bonchev–Trinajstić information content (AvgIpc) is 2.34. The molecular weight excluding hydrogens is 164 g/mol. The van der Waals surface area contributed by atoms with Crippen LogP contribution in [0.3, 0.4) is 0 Å². The predicted octanol–water partition coefficient (Wildman–Crippen LogP) is 0.441. The third kappa shape index (κ3) is 3.63. The molecule has 0 saturated carbocycles. The van der Waals surface area contributed by atoms with Crippen LogP contribution in [0.1, 0.15) is 26.7 Å². The highest BCUT2D eigenvalue weighted by Crippen LogP contribution is 2.14. The molecule has 0 aromatic rings. The van der Waals surface area contributed by atoms with Crippen molar-refractivity contribution in [3.05, 3.63) is 0 Å². The van der Waals surface area contributed by atoms with Crippen LogP contribution in [0.5, 0.6) is 0 Å². The predicted molar refractivity (Wildman–Crippen MR) is 54.8 cm³/mol. The first-order chi connectivity index (χ1) is 6.03. The quantitative estimate of drug-likeness (QED) is 0.669. The molecule has 2 N–H and O–H groups in total. The second-order valence-corrected chi connectivity index (χ2v) is 4.75. The number of aliphatic hydroxyl groups excluding tert-OH is 1. The van der Waals surface area contributed by atoms with Crippen LogP contribution in [0.2, 0.25) is 0 Å². The zero-order valence-electron chi connectivity index (χ0n) is 9.01. The van der Waals surface area contributed by atoms with Crippen molar-refractivity contribution in [1.82, 2.24) is 10.2 Å². The Balaban J connectivity index is 2.30. The molecule has 0 radical (unpaired) electrons.